The first-order chi connectivity index (χ1) is 9.61. The third kappa shape index (κ3) is 6.89. The molecule has 2 amide bonds. The summed E-state index contributed by atoms with van der Waals surface area (Å²) in [5.41, 5.74) is 2.10. The molecule has 0 spiro atoms. The van der Waals surface area contributed by atoms with Crippen molar-refractivity contribution in [2.24, 2.45) is 0 Å². The minimum absolute atomic E-state index is 0.0116. The zero-order chi connectivity index (χ0) is 14.8. The van der Waals surface area contributed by atoms with Crippen molar-refractivity contribution >= 4 is 11.8 Å². The smallest absolute Gasteiger partial charge is 0.239 e. The number of hydrogen-bond donors (Lipinski definition) is 2. The summed E-state index contributed by atoms with van der Waals surface area (Å²) in [6, 6.07) is 7.76. The molecule has 1 aromatic rings. The Morgan fingerprint density at radius 1 is 1.10 bits per heavy atom. The van der Waals surface area contributed by atoms with E-state index >= 15 is 0 Å². The Balaban J connectivity index is 2.19. The zero-order valence-corrected chi connectivity index (χ0v) is 12.1. The first-order valence-corrected chi connectivity index (χ1v) is 6.69. The molecule has 5 nitrogen and oxygen atoms in total. The van der Waals surface area contributed by atoms with Gasteiger partial charge in [-0.1, -0.05) is 29.8 Å². The summed E-state index contributed by atoms with van der Waals surface area (Å²) in [7, 11) is 1.62. The van der Waals surface area contributed by atoms with Gasteiger partial charge < -0.3 is 15.4 Å². The number of hydrogen-bond acceptors (Lipinski definition) is 3. The molecule has 0 unspecified atom stereocenters. The third-order valence-corrected chi connectivity index (χ3v) is 2.78. The van der Waals surface area contributed by atoms with E-state index in [2.05, 4.69) is 10.6 Å². The Kier molecular flexibility index (Phi) is 7.35. The molecule has 0 aliphatic rings. The van der Waals surface area contributed by atoms with Crippen molar-refractivity contribution in [3.05, 3.63) is 35.4 Å². The van der Waals surface area contributed by atoms with Crippen LogP contribution in [0.1, 0.15) is 17.5 Å². The number of amides is 2. The second-order valence-corrected chi connectivity index (χ2v) is 4.64. The van der Waals surface area contributed by atoms with Crippen LogP contribution in [0.5, 0.6) is 0 Å². The number of carbonyl (C=O) groups excluding carboxylic acids is 2. The number of rotatable bonds is 8. The highest BCUT2D eigenvalue weighted by Crippen LogP contribution is 2.03. The Morgan fingerprint density at radius 2 is 1.80 bits per heavy atom. The second kappa shape index (κ2) is 9.09. The van der Waals surface area contributed by atoms with Crippen molar-refractivity contribution in [2.45, 2.75) is 19.8 Å². The molecule has 5 heteroatoms. The Bertz CT molecular complexity index is 429. The van der Waals surface area contributed by atoms with Crippen LogP contribution >= 0.6 is 0 Å². The summed E-state index contributed by atoms with van der Waals surface area (Å²) in [5.74, 6) is -0.334. The minimum Gasteiger partial charge on any atom is -0.385 e. The highest BCUT2D eigenvalue weighted by molar-refractivity contribution is 5.85. The standard InChI is InChI=1S/C15H22N2O3/c1-12-4-6-13(7-5-12)10-14(18)17-11-15(19)16-8-3-9-20-2/h4-7H,3,8-11H2,1-2H3,(H,16,19)(H,17,18). The molecule has 20 heavy (non-hydrogen) atoms. The molecule has 0 heterocycles. The van der Waals surface area contributed by atoms with Gasteiger partial charge in [-0.2, -0.15) is 0 Å². The first-order valence-electron chi connectivity index (χ1n) is 6.69. The number of nitrogens with one attached hydrogen (secondary N) is 2. The predicted octanol–water partition coefficient (Wildman–Crippen LogP) is 0.806. The summed E-state index contributed by atoms with van der Waals surface area (Å²) in [6.07, 6.45) is 1.05. The molecule has 0 fully saturated rings. The summed E-state index contributed by atoms with van der Waals surface area (Å²) in [4.78, 5) is 23.1. The van der Waals surface area contributed by atoms with E-state index in [0.29, 0.717) is 13.2 Å². The lowest BCUT2D eigenvalue weighted by Crippen LogP contribution is -2.38. The maximum Gasteiger partial charge on any atom is 0.239 e. The van der Waals surface area contributed by atoms with Crippen molar-refractivity contribution in [1.29, 1.82) is 0 Å². The molecule has 1 aromatic carbocycles. The summed E-state index contributed by atoms with van der Waals surface area (Å²) < 4.78 is 4.88. The van der Waals surface area contributed by atoms with Gasteiger partial charge in [0, 0.05) is 20.3 Å². The van der Waals surface area contributed by atoms with Gasteiger partial charge in [-0.3, -0.25) is 9.59 Å². The number of carbonyl (C=O) groups is 2. The Labute approximate surface area is 119 Å². The van der Waals surface area contributed by atoms with Gasteiger partial charge in [-0.15, -0.1) is 0 Å². The normalized spacial score (nSPS) is 10.1. The molecule has 0 atom stereocenters. The van der Waals surface area contributed by atoms with E-state index in [0.717, 1.165) is 17.5 Å². The van der Waals surface area contributed by atoms with Crippen molar-refractivity contribution in [2.75, 3.05) is 26.8 Å². The fourth-order valence-corrected chi connectivity index (χ4v) is 1.64. The van der Waals surface area contributed by atoms with Crippen molar-refractivity contribution in [1.82, 2.24) is 10.6 Å². The van der Waals surface area contributed by atoms with Crippen molar-refractivity contribution < 1.29 is 14.3 Å². The van der Waals surface area contributed by atoms with Crippen LogP contribution in [0.15, 0.2) is 24.3 Å². The van der Waals surface area contributed by atoms with Crippen LogP contribution in [0, 0.1) is 6.92 Å². The van der Waals surface area contributed by atoms with Crippen LogP contribution in [0.25, 0.3) is 0 Å². The molecule has 110 valence electrons. The second-order valence-electron chi connectivity index (χ2n) is 4.64. The molecule has 0 aromatic heterocycles. The summed E-state index contributed by atoms with van der Waals surface area (Å²) in [5, 5.41) is 5.31. The van der Waals surface area contributed by atoms with Crippen molar-refractivity contribution in [3.63, 3.8) is 0 Å². The maximum atomic E-state index is 11.7. The topological polar surface area (TPSA) is 67.4 Å². The number of ether oxygens (including phenoxy) is 1. The highest BCUT2D eigenvalue weighted by Gasteiger charge is 2.06. The van der Waals surface area contributed by atoms with Gasteiger partial charge in [-0.05, 0) is 18.9 Å². The van der Waals surface area contributed by atoms with Gasteiger partial charge >= 0.3 is 0 Å². The van der Waals surface area contributed by atoms with E-state index < -0.39 is 0 Å². The van der Waals surface area contributed by atoms with E-state index in [1.807, 2.05) is 31.2 Å². The molecule has 0 radical (unpaired) electrons. The van der Waals surface area contributed by atoms with Gasteiger partial charge in [0.1, 0.15) is 0 Å². The van der Waals surface area contributed by atoms with E-state index in [-0.39, 0.29) is 24.8 Å². The lowest BCUT2D eigenvalue weighted by atomic mass is 10.1. The SMILES string of the molecule is COCCCNC(=O)CNC(=O)Cc1ccc(C)cc1. The first kappa shape index (κ1) is 16.2. The average molecular weight is 278 g/mol. The zero-order valence-electron chi connectivity index (χ0n) is 12.1. The third-order valence-electron chi connectivity index (χ3n) is 2.78. The average Bonchev–Trinajstić information content (AvgIpc) is 2.44. The number of aryl methyl sites for hydroxylation is 1. The number of methoxy groups -OCH3 is 1. The fraction of sp³-hybridized carbons (Fsp3) is 0.467. The van der Waals surface area contributed by atoms with Crippen molar-refractivity contribution in [3.8, 4) is 0 Å². The van der Waals surface area contributed by atoms with Crippen LogP contribution in [0.2, 0.25) is 0 Å². The van der Waals surface area contributed by atoms with Crippen LogP contribution < -0.4 is 10.6 Å². The van der Waals surface area contributed by atoms with Gasteiger partial charge in [0.05, 0.1) is 13.0 Å². The largest absolute Gasteiger partial charge is 0.385 e. The van der Waals surface area contributed by atoms with Crippen LogP contribution in [0.4, 0.5) is 0 Å². The quantitative estimate of drug-likeness (QED) is 0.691. The van der Waals surface area contributed by atoms with Crippen LogP contribution in [-0.4, -0.2) is 38.6 Å². The van der Waals surface area contributed by atoms with Crippen LogP contribution in [0.3, 0.4) is 0 Å². The highest BCUT2D eigenvalue weighted by atomic mass is 16.5. The number of benzene rings is 1. The van der Waals surface area contributed by atoms with Gasteiger partial charge in [0.2, 0.25) is 11.8 Å². The lowest BCUT2D eigenvalue weighted by Gasteiger charge is -2.07. The monoisotopic (exact) mass is 278 g/mol. The molecule has 2 N–H and O–H groups in total. The van der Waals surface area contributed by atoms with Gasteiger partial charge in [-0.25, -0.2) is 0 Å². The Morgan fingerprint density at radius 3 is 2.45 bits per heavy atom. The van der Waals surface area contributed by atoms with E-state index in [4.69, 9.17) is 4.74 Å². The van der Waals surface area contributed by atoms with Crippen LogP contribution in [-0.2, 0) is 20.7 Å². The molecule has 0 aliphatic heterocycles. The molecule has 0 bridgehead atoms. The Hall–Kier alpha value is -1.88. The van der Waals surface area contributed by atoms with E-state index in [1.165, 1.54) is 0 Å². The molecular formula is C15H22N2O3. The lowest BCUT2D eigenvalue weighted by molar-refractivity contribution is -0.125. The molecular weight excluding hydrogens is 256 g/mol. The predicted molar refractivity (Wildman–Crippen MR) is 77.4 cm³/mol. The van der Waals surface area contributed by atoms with E-state index in [9.17, 15) is 9.59 Å². The maximum absolute atomic E-state index is 11.7. The fourth-order valence-electron chi connectivity index (χ4n) is 1.64. The van der Waals surface area contributed by atoms with Gasteiger partial charge in [0.15, 0.2) is 0 Å². The molecule has 0 saturated heterocycles. The summed E-state index contributed by atoms with van der Waals surface area (Å²) in [6.45, 7) is 3.18. The van der Waals surface area contributed by atoms with Gasteiger partial charge in [0.25, 0.3) is 0 Å². The molecule has 1 rings (SSSR count). The summed E-state index contributed by atoms with van der Waals surface area (Å²) >= 11 is 0. The van der Waals surface area contributed by atoms with E-state index in [1.54, 1.807) is 7.11 Å². The molecule has 0 aliphatic carbocycles. The minimum atomic E-state index is -0.182. The molecule has 0 saturated carbocycles.